The Morgan fingerprint density at radius 2 is 1.75 bits per heavy atom. The Hall–Kier alpha value is -3.12. The van der Waals surface area contributed by atoms with Crippen LogP contribution < -0.4 is 0 Å². The van der Waals surface area contributed by atoms with E-state index in [0.717, 1.165) is 16.5 Å². The molecule has 0 bridgehead atoms. The Morgan fingerprint density at radius 1 is 1.00 bits per heavy atom. The van der Waals surface area contributed by atoms with Gasteiger partial charge in [0.1, 0.15) is 6.54 Å². The smallest absolute Gasteiger partial charge is 0.254 e. The van der Waals surface area contributed by atoms with Crippen molar-refractivity contribution >= 4 is 22.6 Å². The monoisotopic (exact) mass is 435 g/mol. The molecule has 0 unspecified atom stereocenters. The summed E-state index contributed by atoms with van der Waals surface area (Å²) in [4.78, 5) is 30.1. The van der Waals surface area contributed by atoms with E-state index in [9.17, 15) is 9.59 Å². The highest BCUT2D eigenvalue weighted by Crippen LogP contribution is 2.18. The third kappa shape index (κ3) is 5.98. The zero-order chi connectivity index (χ0) is 23.1. The highest BCUT2D eigenvalue weighted by Gasteiger charge is 2.24. The van der Waals surface area contributed by atoms with Gasteiger partial charge in [-0.15, -0.1) is 0 Å². The van der Waals surface area contributed by atoms with Gasteiger partial charge in [-0.25, -0.2) is 0 Å². The molecule has 6 nitrogen and oxygen atoms in total. The molecule has 0 saturated carbocycles. The molecule has 170 valence electrons. The maximum atomic E-state index is 13.4. The van der Waals surface area contributed by atoms with E-state index >= 15 is 0 Å². The van der Waals surface area contributed by atoms with Crippen LogP contribution in [0.25, 0.3) is 10.8 Å². The molecule has 0 spiro atoms. The van der Waals surface area contributed by atoms with Crippen molar-refractivity contribution in [2.45, 2.75) is 20.4 Å². The summed E-state index contributed by atoms with van der Waals surface area (Å²) in [7, 11) is 3.59. The van der Waals surface area contributed by atoms with Crippen LogP contribution in [0.15, 0.2) is 60.8 Å². The predicted octanol–water partition coefficient (Wildman–Crippen LogP) is 3.95. The van der Waals surface area contributed by atoms with Crippen LogP contribution >= 0.6 is 0 Å². The number of aromatic nitrogens is 1. The van der Waals surface area contributed by atoms with E-state index in [0.29, 0.717) is 31.8 Å². The highest BCUT2D eigenvalue weighted by molar-refractivity contribution is 6.00. The molecule has 0 radical (unpaired) electrons. The normalized spacial score (nSPS) is 11.2. The lowest BCUT2D eigenvalue weighted by Crippen LogP contribution is -2.45. The number of hydrogen-bond donors (Lipinski definition) is 0. The Morgan fingerprint density at radius 3 is 2.41 bits per heavy atom. The van der Waals surface area contributed by atoms with Crippen LogP contribution in [-0.2, 0) is 23.1 Å². The summed E-state index contributed by atoms with van der Waals surface area (Å²) >= 11 is 0. The van der Waals surface area contributed by atoms with E-state index < -0.39 is 0 Å². The minimum atomic E-state index is -0.122. The topological polar surface area (TPSA) is 54.8 Å². The first-order chi connectivity index (χ1) is 15.4. The number of fused-ring (bicyclic) bond motifs is 1. The molecular weight excluding hydrogens is 402 g/mol. The molecule has 0 aliphatic heterocycles. The van der Waals surface area contributed by atoms with Gasteiger partial charge in [-0.3, -0.25) is 9.59 Å². The van der Waals surface area contributed by atoms with Crippen molar-refractivity contribution in [3.8, 4) is 0 Å². The number of aryl methyl sites for hydroxylation is 1. The number of carbonyl (C=O) groups is 2. The van der Waals surface area contributed by atoms with Gasteiger partial charge in [0.15, 0.2) is 0 Å². The first kappa shape index (κ1) is 23.5. The average Bonchev–Trinajstić information content (AvgIpc) is 3.19. The average molecular weight is 436 g/mol. The van der Waals surface area contributed by atoms with E-state index in [1.165, 1.54) is 0 Å². The van der Waals surface area contributed by atoms with Gasteiger partial charge in [0.2, 0.25) is 5.91 Å². The number of carbonyl (C=O) groups excluding carboxylic acids is 2. The van der Waals surface area contributed by atoms with Crippen LogP contribution in [0.1, 0.15) is 29.9 Å². The number of methoxy groups -OCH3 is 1. The molecule has 1 aromatic heterocycles. The lowest BCUT2D eigenvalue weighted by Gasteiger charge is -2.29. The van der Waals surface area contributed by atoms with E-state index in [2.05, 4.69) is 13.8 Å². The Bertz CT molecular complexity index is 1060. The van der Waals surface area contributed by atoms with E-state index in [1.807, 2.05) is 72.4 Å². The summed E-state index contributed by atoms with van der Waals surface area (Å²) in [5.41, 5.74) is 1.63. The Kier molecular flexibility index (Phi) is 8.06. The molecule has 0 aliphatic carbocycles. The number of rotatable bonds is 10. The van der Waals surface area contributed by atoms with Crippen LogP contribution in [0, 0.1) is 5.92 Å². The van der Waals surface area contributed by atoms with Gasteiger partial charge >= 0.3 is 0 Å². The summed E-state index contributed by atoms with van der Waals surface area (Å²) in [6, 6.07) is 17.6. The Labute approximate surface area is 190 Å². The maximum Gasteiger partial charge on any atom is 0.254 e. The number of nitrogens with zero attached hydrogens (tertiary/aromatic N) is 3. The highest BCUT2D eigenvalue weighted by atomic mass is 16.5. The number of benzene rings is 2. The van der Waals surface area contributed by atoms with Gasteiger partial charge in [0.25, 0.3) is 5.91 Å². The van der Waals surface area contributed by atoms with Crippen LogP contribution in [-0.4, -0.2) is 59.5 Å². The quantitative estimate of drug-likeness (QED) is 0.485. The first-order valence-electron chi connectivity index (χ1n) is 11.0. The molecular formula is C26H33N3O3. The molecule has 0 N–H and O–H groups in total. The van der Waals surface area contributed by atoms with Gasteiger partial charge in [-0.2, -0.15) is 0 Å². The van der Waals surface area contributed by atoms with Crippen molar-refractivity contribution in [2.24, 2.45) is 13.0 Å². The van der Waals surface area contributed by atoms with Gasteiger partial charge < -0.3 is 19.1 Å². The molecule has 3 aromatic rings. The summed E-state index contributed by atoms with van der Waals surface area (Å²) in [6.45, 7) is 6.05. The van der Waals surface area contributed by atoms with Crippen molar-refractivity contribution in [2.75, 3.05) is 33.4 Å². The number of amides is 2. The van der Waals surface area contributed by atoms with Crippen molar-refractivity contribution in [3.63, 3.8) is 0 Å². The molecule has 2 amide bonds. The minimum Gasteiger partial charge on any atom is -0.383 e. The predicted molar refractivity (Wildman–Crippen MR) is 127 cm³/mol. The Balaban J connectivity index is 1.80. The third-order valence-corrected chi connectivity index (χ3v) is 5.52. The lowest BCUT2D eigenvalue weighted by molar-refractivity contribution is -0.133. The number of ether oxygens (including phenoxy) is 1. The third-order valence-electron chi connectivity index (χ3n) is 5.52. The number of hydrogen-bond acceptors (Lipinski definition) is 3. The largest absolute Gasteiger partial charge is 0.383 e. The van der Waals surface area contributed by atoms with Crippen molar-refractivity contribution in [3.05, 3.63) is 72.1 Å². The van der Waals surface area contributed by atoms with Crippen LogP contribution in [0.2, 0.25) is 0 Å². The molecule has 32 heavy (non-hydrogen) atoms. The second-order valence-electron chi connectivity index (χ2n) is 8.56. The van der Waals surface area contributed by atoms with Crippen molar-refractivity contribution < 1.29 is 14.3 Å². The van der Waals surface area contributed by atoms with E-state index in [4.69, 9.17) is 4.74 Å². The van der Waals surface area contributed by atoms with Crippen LogP contribution in [0.3, 0.4) is 0 Å². The van der Waals surface area contributed by atoms with Gasteiger partial charge in [-0.05, 0) is 41.0 Å². The maximum absolute atomic E-state index is 13.4. The standard InChI is InChI=1S/C26H33N3O3/c1-20(2)17-29(26(31)23-12-11-21-8-5-6-9-22(21)16-23)19-25(30)28(14-15-32-4)18-24-10-7-13-27(24)3/h5-13,16,20H,14-15,17-19H2,1-4H3. The van der Waals surface area contributed by atoms with Crippen LogP contribution in [0.4, 0.5) is 0 Å². The SMILES string of the molecule is COCCN(Cc1cccn1C)C(=O)CN(CC(C)C)C(=O)c1ccc2ccccc2c1. The fourth-order valence-electron chi connectivity index (χ4n) is 3.78. The van der Waals surface area contributed by atoms with Crippen molar-refractivity contribution in [1.82, 2.24) is 14.4 Å². The molecule has 2 aromatic carbocycles. The second kappa shape index (κ2) is 11.0. The first-order valence-corrected chi connectivity index (χ1v) is 11.0. The lowest BCUT2D eigenvalue weighted by atomic mass is 10.1. The summed E-state index contributed by atoms with van der Waals surface area (Å²) in [6.07, 6.45) is 1.96. The zero-order valence-corrected chi connectivity index (χ0v) is 19.5. The fourth-order valence-corrected chi connectivity index (χ4v) is 3.78. The summed E-state index contributed by atoms with van der Waals surface area (Å²) in [5.74, 6) is 0.0360. The van der Waals surface area contributed by atoms with Gasteiger partial charge in [0.05, 0.1) is 13.2 Å². The molecule has 1 heterocycles. The molecule has 0 aliphatic rings. The summed E-state index contributed by atoms with van der Waals surface area (Å²) in [5, 5.41) is 2.10. The molecule has 6 heteroatoms. The zero-order valence-electron chi connectivity index (χ0n) is 19.5. The van der Waals surface area contributed by atoms with Crippen LogP contribution in [0.5, 0.6) is 0 Å². The van der Waals surface area contributed by atoms with E-state index in [-0.39, 0.29) is 24.3 Å². The fraction of sp³-hybridized carbons (Fsp3) is 0.385. The van der Waals surface area contributed by atoms with Gasteiger partial charge in [-0.1, -0.05) is 44.2 Å². The van der Waals surface area contributed by atoms with E-state index in [1.54, 1.807) is 16.9 Å². The molecule has 0 atom stereocenters. The second-order valence-corrected chi connectivity index (χ2v) is 8.56. The summed E-state index contributed by atoms with van der Waals surface area (Å²) < 4.78 is 7.22. The molecule has 0 saturated heterocycles. The minimum absolute atomic E-state index is 0.0397. The molecule has 3 rings (SSSR count). The molecule has 0 fully saturated rings. The van der Waals surface area contributed by atoms with Crippen molar-refractivity contribution in [1.29, 1.82) is 0 Å². The van der Waals surface area contributed by atoms with Gasteiger partial charge in [0, 0.05) is 44.7 Å².